The molecule has 3 unspecified atom stereocenters. The monoisotopic (exact) mass is 314 g/mol. The Labute approximate surface area is 117 Å². The third kappa shape index (κ3) is 3.55. The first-order valence-corrected chi connectivity index (χ1v) is 7.79. The molecule has 1 saturated carbocycles. The summed E-state index contributed by atoms with van der Waals surface area (Å²) in [5.74, 6) is 0.429. The van der Waals surface area contributed by atoms with Crippen LogP contribution in [-0.4, -0.2) is 11.4 Å². The third-order valence-electron chi connectivity index (χ3n) is 3.75. The summed E-state index contributed by atoms with van der Waals surface area (Å²) in [6, 6.07) is 6.63. The molecule has 0 bridgehead atoms. The van der Waals surface area contributed by atoms with Crippen molar-refractivity contribution in [3.05, 3.63) is 35.6 Å². The van der Waals surface area contributed by atoms with Gasteiger partial charge in [0.25, 0.3) is 0 Å². The van der Waals surface area contributed by atoms with Gasteiger partial charge in [-0.05, 0) is 36.5 Å². The molecule has 18 heavy (non-hydrogen) atoms. The highest BCUT2D eigenvalue weighted by molar-refractivity contribution is 9.09. The summed E-state index contributed by atoms with van der Waals surface area (Å²) in [7, 11) is 0. The average Bonchev–Trinajstić information content (AvgIpc) is 2.39. The molecule has 0 aliphatic heterocycles. The van der Waals surface area contributed by atoms with Crippen LogP contribution in [0.4, 0.5) is 4.39 Å². The van der Waals surface area contributed by atoms with Crippen LogP contribution in [0.2, 0.25) is 0 Å². The van der Waals surface area contributed by atoms with Crippen molar-refractivity contribution >= 4 is 15.9 Å². The Morgan fingerprint density at radius 2 is 1.94 bits per heavy atom. The molecule has 1 aromatic rings. The van der Waals surface area contributed by atoms with Gasteiger partial charge in [0.05, 0.1) is 12.2 Å². The van der Waals surface area contributed by atoms with Crippen LogP contribution in [0.3, 0.4) is 0 Å². The minimum absolute atomic E-state index is 0.0242. The van der Waals surface area contributed by atoms with Crippen LogP contribution in [0.15, 0.2) is 24.3 Å². The van der Waals surface area contributed by atoms with E-state index in [0.717, 1.165) is 17.3 Å². The third-order valence-corrected chi connectivity index (χ3v) is 4.34. The first-order valence-electron chi connectivity index (χ1n) is 6.67. The second-order valence-electron chi connectivity index (χ2n) is 5.13. The van der Waals surface area contributed by atoms with Crippen molar-refractivity contribution in [1.82, 2.24) is 0 Å². The molecule has 0 heterocycles. The molecule has 3 heteroatoms. The van der Waals surface area contributed by atoms with Crippen LogP contribution in [0.5, 0.6) is 0 Å². The lowest BCUT2D eigenvalue weighted by Gasteiger charge is -2.32. The van der Waals surface area contributed by atoms with Crippen LogP contribution >= 0.6 is 15.9 Å². The molecule has 1 fully saturated rings. The summed E-state index contributed by atoms with van der Waals surface area (Å²) < 4.78 is 19.1. The smallest absolute Gasteiger partial charge is 0.123 e. The fraction of sp³-hybridized carbons (Fsp3) is 0.600. The Morgan fingerprint density at radius 1 is 1.28 bits per heavy atom. The van der Waals surface area contributed by atoms with E-state index in [1.54, 1.807) is 0 Å². The van der Waals surface area contributed by atoms with Crippen molar-refractivity contribution in [1.29, 1.82) is 0 Å². The van der Waals surface area contributed by atoms with E-state index in [1.807, 2.05) is 12.1 Å². The van der Waals surface area contributed by atoms with Crippen molar-refractivity contribution in [2.75, 3.05) is 5.33 Å². The predicted octanol–water partition coefficient (Wildman–Crippen LogP) is 4.86. The van der Waals surface area contributed by atoms with Crippen LogP contribution in [0.25, 0.3) is 0 Å². The number of halogens is 2. The van der Waals surface area contributed by atoms with Gasteiger partial charge in [-0.3, -0.25) is 0 Å². The predicted molar refractivity (Wildman–Crippen MR) is 75.4 cm³/mol. The second kappa shape index (κ2) is 6.67. The molecular formula is C15H20BrFO. The topological polar surface area (TPSA) is 9.23 Å². The highest BCUT2D eigenvalue weighted by Crippen LogP contribution is 2.31. The lowest BCUT2D eigenvalue weighted by Crippen LogP contribution is -2.27. The van der Waals surface area contributed by atoms with Crippen molar-refractivity contribution in [2.45, 2.75) is 44.8 Å². The maximum atomic E-state index is 12.9. The van der Waals surface area contributed by atoms with Crippen LogP contribution < -0.4 is 0 Å². The van der Waals surface area contributed by atoms with Crippen molar-refractivity contribution < 1.29 is 9.13 Å². The van der Waals surface area contributed by atoms with Gasteiger partial charge < -0.3 is 4.74 Å². The molecule has 100 valence electrons. The molecule has 1 nitrogen and oxygen atoms in total. The minimum Gasteiger partial charge on any atom is -0.369 e. The zero-order chi connectivity index (χ0) is 13.0. The highest BCUT2D eigenvalue weighted by atomic mass is 79.9. The summed E-state index contributed by atoms with van der Waals surface area (Å²) in [4.78, 5) is 0. The number of rotatable bonds is 4. The Morgan fingerprint density at radius 3 is 2.56 bits per heavy atom. The molecule has 0 radical (unpaired) electrons. The first-order chi connectivity index (χ1) is 8.70. The van der Waals surface area contributed by atoms with E-state index in [9.17, 15) is 4.39 Å². The molecule has 0 spiro atoms. The van der Waals surface area contributed by atoms with Crippen molar-refractivity contribution in [3.63, 3.8) is 0 Å². The average molecular weight is 315 g/mol. The fourth-order valence-corrected chi connectivity index (χ4v) is 3.10. The van der Waals surface area contributed by atoms with Gasteiger partial charge in [-0.25, -0.2) is 4.39 Å². The Hall–Kier alpha value is -0.410. The Bertz CT molecular complexity index is 365. The van der Waals surface area contributed by atoms with Gasteiger partial charge >= 0.3 is 0 Å². The summed E-state index contributed by atoms with van der Waals surface area (Å²) in [6.45, 7) is 2.26. The molecule has 0 amide bonds. The normalized spacial score (nSPS) is 25.9. The highest BCUT2D eigenvalue weighted by Gasteiger charge is 2.25. The number of alkyl halides is 1. The molecule has 3 atom stereocenters. The molecule has 1 aliphatic carbocycles. The van der Waals surface area contributed by atoms with E-state index in [2.05, 4.69) is 22.9 Å². The van der Waals surface area contributed by atoms with E-state index in [-0.39, 0.29) is 11.9 Å². The lowest BCUT2D eigenvalue weighted by molar-refractivity contribution is -0.0468. The zero-order valence-electron chi connectivity index (χ0n) is 10.7. The standard InChI is InChI=1S/C15H20BrFO/c1-11-4-2-3-5-14(11)18-15(10-16)12-6-8-13(17)9-7-12/h6-9,11,14-15H,2-5,10H2,1H3. The molecular weight excluding hydrogens is 295 g/mol. The van der Waals surface area contributed by atoms with E-state index in [4.69, 9.17) is 4.74 Å². The van der Waals surface area contributed by atoms with Gasteiger partial charge in [0.2, 0.25) is 0 Å². The minimum atomic E-state index is -0.196. The number of benzene rings is 1. The van der Waals surface area contributed by atoms with Gasteiger partial charge in [-0.1, -0.05) is 47.8 Å². The molecule has 0 aromatic heterocycles. The van der Waals surface area contributed by atoms with Gasteiger partial charge in [0, 0.05) is 5.33 Å². The van der Waals surface area contributed by atoms with Crippen LogP contribution in [0.1, 0.15) is 44.3 Å². The summed E-state index contributed by atoms with van der Waals surface area (Å²) >= 11 is 3.50. The Kier molecular flexibility index (Phi) is 5.19. The maximum absolute atomic E-state index is 12.9. The summed E-state index contributed by atoms with van der Waals surface area (Å²) in [5, 5.41) is 0.752. The molecule has 0 N–H and O–H groups in total. The van der Waals surface area contributed by atoms with Gasteiger partial charge in [-0.15, -0.1) is 0 Å². The fourth-order valence-electron chi connectivity index (χ4n) is 2.58. The van der Waals surface area contributed by atoms with Gasteiger partial charge in [-0.2, -0.15) is 0 Å². The Balaban J connectivity index is 2.02. The summed E-state index contributed by atoms with van der Waals surface area (Å²) in [6.07, 6.45) is 5.33. The number of hydrogen-bond donors (Lipinski definition) is 0. The molecule has 0 saturated heterocycles. The van der Waals surface area contributed by atoms with Gasteiger partial charge in [0.1, 0.15) is 5.82 Å². The van der Waals surface area contributed by atoms with Crippen molar-refractivity contribution in [2.24, 2.45) is 5.92 Å². The SMILES string of the molecule is CC1CCCCC1OC(CBr)c1ccc(F)cc1. The molecule has 2 rings (SSSR count). The van der Waals surface area contributed by atoms with E-state index >= 15 is 0 Å². The number of ether oxygens (including phenoxy) is 1. The van der Waals surface area contributed by atoms with Crippen molar-refractivity contribution in [3.8, 4) is 0 Å². The quantitative estimate of drug-likeness (QED) is 0.721. The van der Waals surface area contributed by atoms with E-state index in [0.29, 0.717) is 12.0 Å². The molecule has 1 aliphatic rings. The summed E-state index contributed by atoms with van der Waals surface area (Å²) in [5.41, 5.74) is 1.05. The second-order valence-corrected chi connectivity index (χ2v) is 5.78. The van der Waals surface area contributed by atoms with Crippen LogP contribution in [-0.2, 0) is 4.74 Å². The maximum Gasteiger partial charge on any atom is 0.123 e. The largest absolute Gasteiger partial charge is 0.369 e. The molecule has 1 aromatic carbocycles. The van der Waals surface area contributed by atoms with E-state index < -0.39 is 0 Å². The van der Waals surface area contributed by atoms with Gasteiger partial charge in [0.15, 0.2) is 0 Å². The first kappa shape index (κ1) is 14.0. The van der Waals surface area contributed by atoms with E-state index in [1.165, 1.54) is 31.4 Å². The zero-order valence-corrected chi connectivity index (χ0v) is 12.3. The number of hydrogen-bond acceptors (Lipinski definition) is 1. The van der Waals surface area contributed by atoms with Crippen LogP contribution in [0, 0.1) is 11.7 Å². The lowest BCUT2D eigenvalue weighted by atomic mass is 9.88.